The number of aromatic nitrogens is 3. The lowest BCUT2D eigenvalue weighted by molar-refractivity contribution is -0.142. The van der Waals surface area contributed by atoms with Crippen LogP contribution in [0.4, 0.5) is 0 Å². The average molecular weight is 520 g/mol. The summed E-state index contributed by atoms with van der Waals surface area (Å²) in [6.45, 7) is 0.561. The van der Waals surface area contributed by atoms with E-state index in [0.717, 1.165) is 4.57 Å². The van der Waals surface area contributed by atoms with E-state index in [4.69, 9.17) is 24.5 Å². The highest BCUT2D eigenvalue weighted by Gasteiger charge is 2.32. The number of hydrogen-bond donors (Lipinski definition) is 4. The smallest absolute Gasteiger partial charge is 0.468 e. The number of nitrogens with one attached hydrogen (secondary N) is 2. The van der Waals surface area contributed by atoms with Gasteiger partial charge in [-0.2, -0.15) is 10.4 Å². The fourth-order valence-corrected chi connectivity index (χ4v) is 4.06. The normalized spacial score (nSPS) is 15.4. The summed E-state index contributed by atoms with van der Waals surface area (Å²) in [6, 6.07) is 4.43. The third-order valence-corrected chi connectivity index (χ3v) is 6.37. The summed E-state index contributed by atoms with van der Waals surface area (Å²) >= 11 is 0. The average Bonchev–Trinajstić information content (AvgIpc) is 3.22. The molecule has 2 rings (SSSR count). The van der Waals surface area contributed by atoms with E-state index >= 15 is 0 Å². The van der Waals surface area contributed by atoms with Gasteiger partial charge in [0.15, 0.2) is 11.1 Å². The standard InChI is InChI=1S/C17H26N6O9P2/c1-12(16(24)29-2)21-33(25)31-9-17(8-18,30-3)7-6-13-4-5-14-15(19)22(10-20-23(13)14)11-32-34(26,27)28/h4-5,10,12,19,33H,6-7,9,11H2,1-3H3,(H,21,25)(H2,26,27,28)/t12-,17+/m0/s1. The maximum Gasteiger partial charge on any atom is 0.471 e. The number of rotatable bonds is 13. The topological polar surface area (TPSA) is 210 Å². The molecule has 15 nitrogen and oxygen atoms in total. The molecule has 0 aliphatic heterocycles. The Morgan fingerprint density at radius 1 is 1.44 bits per heavy atom. The van der Waals surface area contributed by atoms with Gasteiger partial charge in [-0.3, -0.25) is 23.9 Å². The first-order chi connectivity index (χ1) is 15.9. The number of esters is 1. The van der Waals surface area contributed by atoms with Crippen molar-refractivity contribution in [2.24, 2.45) is 0 Å². The maximum absolute atomic E-state index is 12.1. The van der Waals surface area contributed by atoms with Crippen molar-refractivity contribution >= 4 is 27.5 Å². The summed E-state index contributed by atoms with van der Waals surface area (Å²) in [5.74, 6) is -0.615. The molecule has 0 aromatic carbocycles. The summed E-state index contributed by atoms with van der Waals surface area (Å²) in [5.41, 5.74) is -0.584. The predicted molar refractivity (Wildman–Crippen MR) is 115 cm³/mol. The first-order valence-electron chi connectivity index (χ1n) is 9.73. The minimum Gasteiger partial charge on any atom is -0.468 e. The van der Waals surface area contributed by atoms with E-state index in [1.165, 1.54) is 32.0 Å². The van der Waals surface area contributed by atoms with Crippen LogP contribution in [0.2, 0.25) is 0 Å². The summed E-state index contributed by atoms with van der Waals surface area (Å²) < 4.78 is 45.1. The number of phosphoric acid groups is 1. The quantitative estimate of drug-likeness (QED) is 0.204. The summed E-state index contributed by atoms with van der Waals surface area (Å²) in [5, 5.41) is 24.5. The zero-order chi connectivity index (χ0) is 25.5. The first-order valence-corrected chi connectivity index (χ1v) is 12.6. The highest BCUT2D eigenvalue weighted by molar-refractivity contribution is 7.46. The van der Waals surface area contributed by atoms with Crippen molar-refractivity contribution in [3.63, 3.8) is 0 Å². The van der Waals surface area contributed by atoms with Crippen LogP contribution in [0, 0.1) is 16.7 Å². The number of nitriles is 1. The molecule has 0 aliphatic carbocycles. The van der Waals surface area contributed by atoms with Crippen LogP contribution in [0.1, 0.15) is 19.0 Å². The fourth-order valence-electron chi connectivity index (χ4n) is 2.86. The highest BCUT2D eigenvalue weighted by Crippen LogP contribution is 2.35. The van der Waals surface area contributed by atoms with Crippen LogP contribution < -0.4 is 10.6 Å². The molecule has 4 N–H and O–H groups in total. The SMILES string of the molecule is COC(=O)[C@H](C)N[PH](=O)OC[C@](C#N)(CCc1ccc2c(=N)n(COP(=O)(O)O)cnn12)OC. The van der Waals surface area contributed by atoms with Gasteiger partial charge in [0.2, 0.25) is 0 Å². The Balaban J connectivity index is 2.09. The van der Waals surface area contributed by atoms with E-state index in [1.54, 1.807) is 12.1 Å². The molecule has 0 amide bonds. The Kier molecular flexibility index (Phi) is 9.69. The molecule has 34 heavy (non-hydrogen) atoms. The molecule has 0 saturated heterocycles. The van der Waals surface area contributed by atoms with Crippen molar-refractivity contribution in [2.75, 3.05) is 20.8 Å². The van der Waals surface area contributed by atoms with Gasteiger partial charge in [0, 0.05) is 12.8 Å². The molecule has 0 radical (unpaired) electrons. The van der Waals surface area contributed by atoms with E-state index in [1.807, 2.05) is 6.07 Å². The maximum atomic E-state index is 12.1. The third kappa shape index (κ3) is 7.30. The van der Waals surface area contributed by atoms with E-state index in [2.05, 4.69) is 19.4 Å². The predicted octanol–water partition coefficient (Wildman–Crippen LogP) is 0.0808. The van der Waals surface area contributed by atoms with Gasteiger partial charge >= 0.3 is 13.8 Å². The molecule has 188 valence electrons. The number of nitrogens with zero attached hydrogens (tertiary/aromatic N) is 4. The molecule has 0 aliphatic rings. The van der Waals surface area contributed by atoms with Crippen LogP contribution in [-0.2, 0) is 45.6 Å². The van der Waals surface area contributed by atoms with Gasteiger partial charge in [-0.1, -0.05) is 0 Å². The molecule has 3 atom stereocenters. The molecular weight excluding hydrogens is 494 g/mol. The summed E-state index contributed by atoms with van der Waals surface area (Å²) in [4.78, 5) is 29.1. The second-order valence-corrected chi connectivity index (χ2v) is 9.49. The minimum absolute atomic E-state index is 0.0966. The molecule has 2 aromatic heterocycles. The number of carbonyl (C=O) groups excluding carboxylic acids is 1. The van der Waals surface area contributed by atoms with E-state index in [-0.39, 0.29) is 24.9 Å². The Labute approximate surface area is 194 Å². The molecule has 1 unspecified atom stereocenters. The van der Waals surface area contributed by atoms with Crippen molar-refractivity contribution in [2.45, 2.75) is 38.1 Å². The van der Waals surface area contributed by atoms with Crippen LogP contribution in [0.3, 0.4) is 0 Å². The van der Waals surface area contributed by atoms with Gasteiger partial charge in [0.05, 0.1) is 13.7 Å². The lowest BCUT2D eigenvalue weighted by Crippen LogP contribution is -2.36. The second kappa shape index (κ2) is 11.8. The number of aryl methyl sites for hydroxylation is 1. The van der Waals surface area contributed by atoms with Gasteiger partial charge < -0.3 is 23.8 Å². The Bertz CT molecular complexity index is 1190. The van der Waals surface area contributed by atoms with Crippen LogP contribution in [0.25, 0.3) is 5.52 Å². The van der Waals surface area contributed by atoms with Crippen molar-refractivity contribution in [1.82, 2.24) is 19.3 Å². The largest absolute Gasteiger partial charge is 0.471 e. The number of fused-ring (bicyclic) bond motifs is 1. The van der Waals surface area contributed by atoms with Crippen molar-refractivity contribution in [3.05, 3.63) is 29.6 Å². The van der Waals surface area contributed by atoms with Crippen LogP contribution in [0.15, 0.2) is 18.5 Å². The minimum atomic E-state index is -4.71. The highest BCUT2D eigenvalue weighted by atomic mass is 31.2. The third-order valence-electron chi connectivity index (χ3n) is 4.84. The Morgan fingerprint density at radius 3 is 2.74 bits per heavy atom. The van der Waals surface area contributed by atoms with Crippen LogP contribution in [0.5, 0.6) is 0 Å². The second-order valence-electron chi connectivity index (χ2n) is 7.10. The van der Waals surface area contributed by atoms with Crippen molar-refractivity contribution in [3.8, 4) is 6.07 Å². The molecule has 0 spiro atoms. The fraction of sp³-hybridized carbons (Fsp3) is 0.529. The molecule has 0 fully saturated rings. The van der Waals surface area contributed by atoms with Crippen LogP contribution >= 0.6 is 16.0 Å². The molecule has 0 saturated carbocycles. The van der Waals surface area contributed by atoms with Crippen molar-refractivity contribution < 1.29 is 42.2 Å². The van der Waals surface area contributed by atoms with Gasteiger partial charge in [0.25, 0.3) is 8.18 Å². The number of methoxy groups -OCH3 is 2. The Morgan fingerprint density at radius 2 is 2.15 bits per heavy atom. The molecule has 0 bridgehead atoms. The molecule has 2 aromatic rings. The zero-order valence-electron chi connectivity index (χ0n) is 18.6. The zero-order valence-corrected chi connectivity index (χ0v) is 20.5. The number of phosphoric ester groups is 1. The van der Waals surface area contributed by atoms with Gasteiger partial charge in [-0.15, -0.1) is 0 Å². The lowest BCUT2D eigenvalue weighted by Gasteiger charge is -2.25. The molecular formula is C17H26N6O9P2. The monoisotopic (exact) mass is 520 g/mol. The summed E-state index contributed by atoms with van der Waals surface area (Å²) in [7, 11) is -5.07. The number of carbonyl (C=O) groups is 1. The molecule has 17 heteroatoms. The van der Waals surface area contributed by atoms with Crippen molar-refractivity contribution in [1.29, 1.82) is 10.7 Å². The number of ether oxygens (including phenoxy) is 2. The van der Waals surface area contributed by atoms with Gasteiger partial charge in [-0.05, 0) is 31.9 Å². The van der Waals surface area contributed by atoms with Crippen LogP contribution in [-0.4, -0.2) is 62.4 Å². The van der Waals surface area contributed by atoms with E-state index < -0.39 is 40.3 Å². The molecule has 2 heterocycles. The van der Waals surface area contributed by atoms with E-state index in [0.29, 0.717) is 11.2 Å². The Hall–Kier alpha value is -2.40. The summed E-state index contributed by atoms with van der Waals surface area (Å²) in [6.07, 6.45) is 1.58. The first kappa shape index (κ1) is 27.8. The lowest BCUT2D eigenvalue weighted by atomic mass is 9.99. The number of hydrogen-bond acceptors (Lipinski definition) is 10. The van der Waals surface area contributed by atoms with Gasteiger partial charge in [-0.25, -0.2) is 14.2 Å². The van der Waals surface area contributed by atoms with E-state index in [9.17, 15) is 19.2 Å². The van der Waals surface area contributed by atoms with Gasteiger partial charge in [0.1, 0.15) is 30.7 Å².